The molecule has 0 unspecified atom stereocenters. The van der Waals surface area contributed by atoms with Gasteiger partial charge in [-0.3, -0.25) is 9.59 Å². The Hall–Kier alpha value is -2.23. The summed E-state index contributed by atoms with van der Waals surface area (Å²) in [4.78, 5) is 26.2. The lowest BCUT2D eigenvalue weighted by molar-refractivity contribution is -0.128. The lowest BCUT2D eigenvalue weighted by atomic mass is 9.46. The summed E-state index contributed by atoms with van der Waals surface area (Å²) in [6.07, 6.45) is 13.7. The fourth-order valence-corrected chi connectivity index (χ4v) is 9.29. The van der Waals surface area contributed by atoms with Gasteiger partial charge >= 0.3 is 0 Å². The number of hydrogen-bond donors (Lipinski definition) is 1. The van der Waals surface area contributed by atoms with Crippen molar-refractivity contribution in [3.05, 3.63) is 47.5 Å². The van der Waals surface area contributed by atoms with E-state index in [4.69, 9.17) is 0 Å². The van der Waals surface area contributed by atoms with Crippen LogP contribution in [0, 0.1) is 46.3 Å². The molecule has 1 aromatic carbocycles. The van der Waals surface area contributed by atoms with Crippen molar-refractivity contribution in [1.29, 1.82) is 0 Å². The third-order valence-electron chi connectivity index (χ3n) is 11.3. The van der Waals surface area contributed by atoms with Gasteiger partial charge in [0.25, 0.3) is 5.91 Å². The monoisotopic (exact) mass is 516 g/mol. The molecule has 1 amide bonds. The molecule has 7 atom stereocenters. The number of Topliss-reactive ketones (excluding diaryl/α,β-unsaturated/α-hetero) is 1. The number of fused-ring (bicyclic) bond motifs is 5. The number of carbonyl (C=O) groups excluding carboxylic acids is 2. The average molecular weight is 517 g/mol. The maximum absolute atomic E-state index is 13.7. The van der Waals surface area contributed by atoms with E-state index in [0.717, 1.165) is 41.9 Å². The van der Waals surface area contributed by atoms with Crippen LogP contribution in [0.2, 0.25) is 0 Å². The number of hydrogen-bond acceptors (Lipinski definition) is 3. The van der Waals surface area contributed by atoms with E-state index in [0.29, 0.717) is 40.9 Å². The van der Waals surface area contributed by atoms with Crippen molar-refractivity contribution in [1.82, 2.24) is 5.43 Å². The Labute approximate surface area is 230 Å². The minimum absolute atomic E-state index is 0.0647. The van der Waals surface area contributed by atoms with Crippen LogP contribution in [-0.4, -0.2) is 17.4 Å². The van der Waals surface area contributed by atoms with Crippen LogP contribution in [0.25, 0.3) is 0 Å². The van der Waals surface area contributed by atoms with Crippen molar-refractivity contribution in [3.63, 3.8) is 0 Å². The number of carbonyl (C=O) groups is 2. The van der Waals surface area contributed by atoms with Gasteiger partial charge in [0.05, 0.1) is 5.71 Å². The fourth-order valence-electron chi connectivity index (χ4n) is 9.29. The molecule has 4 aliphatic rings. The Morgan fingerprint density at radius 1 is 1.03 bits per heavy atom. The minimum Gasteiger partial charge on any atom is -0.295 e. The molecule has 4 aliphatic carbocycles. The summed E-state index contributed by atoms with van der Waals surface area (Å²) in [5, 5.41) is 4.44. The van der Waals surface area contributed by atoms with Gasteiger partial charge in [-0.2, -0.15) is 5.10 Å². The molecule has 0 aromatic heterocycles. The molecule has 1 N–H and O–H groups in total. The molecule has 3 fully saturated rings. The SMILES string of the molecule is CC(C)CCC[C@@H](C)[C@H]1CC[C@H]2[C@@H]3CC(=O)C4=C/C(=N/NC(=O)c5ccccc5)CC[C@]4(C)[C@H]3CC[C@]12C. The molecule has 4 heteroatoms. The largest absolute Gasteiger partial charge is 0.295 e. The molecule has 0 radical (unpaired) electrons. The number of amides is 1. The zero-order valence-corrected chi connectivity index (χ0v) is 24.3. The molecule has 206 valence electrons. The summed E-state index contributed by atoms with van der Waals surface area (Å²) in [5.74, 6) is 4.29. The Balaban J connectivity index is 1.30. The van der Waals surface area contributed by atoms with Gasteiger partial charge in [-0.05, 0) is 103 Å². The van der Waals surface area contributed by atoms with Gasteiger partial charge < -0.3 is 0 Å². The molecule has 0 spiro atoms. The maximum Gasteiger partial charge on any atom is 0.271 e. The molecule has 0 saturated heterocycles. The first-order valence-electron chi connectivity index (χ1n) is 15.3. The standard InChI is InChI=1S/C34H48N2O2/c1-22(2)10-9-11-23(3)27-14-15-28-26-21-31(37)30-20-25(35-36-32(38)24-12-7-6-8-13-24)16-18-34(30,5)29(26)17-19-33(27,28)4/h6-8,12-13,20,22-23,26-29H,9-11,14-19,21H2,1-5H3,(H,36,38)/b35-25+/t23-,26+,27-,28+,29+,33-,34-/m1/s1. The Bertz CT molecular complexity index is 1100. The summed E-state index contributed by atoms with van der Waals surface area (Å²) in [6.45, 7) is 12.1. The second kappa shape index (κ2) is 10.7. The van der Waals surface area contributed by atoms with Gasteiger partial charge in [0.1, 0.15) is 0 Å². The quantitative estimate of drug-likeness (QED) is 0.373. The van der Waals surface area contributed by atoms with Crippen LogP contribution >= 0.6 is 0 Å². The van der Waals surface area contributed by atoms with Crippen LogP contribution in [-0.2, 0) is 4.79 Å². The van der Waals surface area contributed by atoms with E-state index in [-0.39, 0.29) is 11.3 Å². The summed E-state index contributed by atoms with van der Waals surface area (Å²) < 4.78 is 0. The van der Waals surface area contributed by atoms with Crippen LogP contribution in [0.15, 0.2) is 47.1 Å². The van der Waals surface area contributed by atoms with Gasteiger partial charge in [-0.25, -0.2) is 5.43 Å². The van der Waals surface area contributed by atoms with Crippen LogP contribution in [0.4, 0.5) is 0 Å². The number of benzene rings is 1. The third-order valence-corrected chi connectivity index (χ3v) is 11.3. The first-order chi connectivity index (χ1) is 18.1. The zero-order chi connectivity index (χ0) is 27.1. The predicted octanol–water partition coefficient (Wildman–Crippen LogP) is 7.99. The first kappa shape index (κ1) is 27.3. The fraction of sp³-hybridized carbons (Fsp3) is 0.676. The van der Waals surface area contributed by atoms with Gasteiger partial charge in [-0.15, -0.1) is 0 Å². The second-order valence-corrected chi connectivity index (χ2v) is 13.9. The van der Waals surface area contributed by atoms with Gasteiger partial charge in [0, 0.05) is 17.6 Å². The van der Waals surface area contributed by atoms with Gasteiger partial charge in [0.2, 0.25) is 0 Å². The zero-order valence-electron chi connectivity index (χ0n) is 24.3. The van der Waals surface area contributed by atoms with E-state index in [9.17, 15) is 9.59 Å². The van der Waals surface area contributed by atoms with Crippen molar-refractivity contribution < 1.29 is 9.59 Å². The number of allylic oxidation sites excluding steroid dienone is 2. The molecule has 0 aliphatic heterocycles. The van der Waals surface area contributed by atoms with Crippen LogP contribution in [0.3, 0.4) is 0 Å². The van der Waals surface area contributed by atoms with E-state index in [1.54, 1.807) is 12.1 Å². The number of nitrogens with zero attached hydrogens (tertiary/aromatic N) is 1. The summed E-state index contributed by atoms with van der Waals surface area (Å²) >= 11 is 0. The molecule has 4 nitrogen and oxygen atoms in total. The van der Waals surface area contributed by atoms with E-state index in [1.165, 1.54) is 44.9 Å². The van der Waals surface area contributed by atoms with Crippen molar-refractivity contribution in [3.8, 4) is 0 Å². The Morgan fingerprint density at radius 3 is 2.53 bits per heavy atom. The van der Waals surface area contributed by atoms with Gasteiger partial charge in [0.15, 0.2) is 5.78 Å². The first-order valence-corrected chi connectivity index (χ1v) is 15.3. The number of hydrazone groups is 1. The predicted molar refractivity (Wildman–Crippen MR) is 155 cm³/mol. The van der Waals surface area contributed by atoms with E-state index in [1.807, 2.05) is 24.3 Å². The van der Waals surface area contributed by atoms with Crippen molar-refractivity contribution in [2.24, 2.45) is 51.4 Å². The lowest BCUT2D eigenvalue weighted by Gasteiger charge is -2.58. The molecule has 3 saturated carbocycles. The highest BCUT2D eigenvalue weighted by atomic mass is 16.2. The summed E-state index contributed by atoms with van der Waals surface area (Å²) in [5.41, 5.74) is 5.42. The smallest absolute Gasteiger partial charge is 0.271 e. The van der Waals surface area contributed by atoms with Crippen molar-refractivity contribution in [2.45, 2.75) is 98.8 Å². The Kier molecular flexibility index (Phi) is 7.73. The number of nitrogens with one attached hydrogen (secondary N) is 1. The number of ketones is 1. The molecule has 0 heterocycles. The number of rotatable bonds is 7. The molecular formula is C34H48N2O2. The molecule has 38 heavy (non-hydrogen) atoms. The maximum atomic E-state index is 13.7. The summed E-state index contributed by atoms with van der Waals surface area (Å²) in [7, 11) is 0. The molecular weight excluding hydrogens is 468 g/mol. The van der Waals surface area contributed by atoms with Crippen molar-refractivity contribution in [2.75, 3.05) is 0 Å². The third kappa shape index (κ3) is 4.93. The lowest BCUT2D eigenvalue weighted by Crippen LogP contribution is -2.53. The van der Waals surface area contributed by atoms with Crippen LogP contribution in [0.1, 0.15) is 109 Å². The van der Waals surface area contributed by atoms with Crippen LogP contribution in [0.5, 0.6) is 0 Å². The van der Waals surface area contributed by atoms with E-state index in [2.05, 4.69) is 45.1 Å². The molecule has 5 rings (SSSR count). The molecule has 1 aromatic rings. The van der Waals surface area contributed by atoms with Crippen molar-refractivity contribution >= 4 is 17.4 Å². The highest BCUT2D eigenvalue weighted by molar-refractivity contribution is 6.08. The second-order valence-electron chi connectivity index (χ2n) is 13.9. The highest BCUT2D eigenvalue weighted by Crippen LogP contribution is 2.67. The van der Waals surface area contributed by atoms with Crippen LogP contribution < -0.4 is 5.43 Å². The van der Waals surface area contributed by atoms with Gasteiger partial charge in [-0.1, -0.05) is 72.1 Å². The topological polar surface area (TPSA) is 58.5 Å². The minimum atomic E-state index is -0.208. The normalized spacial score (nSPS) is 36.3. The Morgan fingerprint density at radius 2 is 1.79 bits per heavy atom. The summed E-state index contributed by atoms with van der Waals surface area (Å²) in [6, 6.07) is 9.16. The van der Waals surface area contributed by atoms with E-state index >= 15 is 0 Å². The average Bonchev–Trinajstić information content (AvgIpc) is 3.25. The highest BCUT2D eigenvalue weighted by Gasteiger charge is 2.60. The molecule has 0 bridgehead atoms. The van der Waals surface area contributed by atoms with E-state index < -0.39 is 0 Å².